The Hall–Kier alpha value is -2.53. The van der Waals surface area contributed by atoms with E-state index in [4.69, 9.17) is 9.47 Å². The summed E-state index contributed by atoms with van der Waals surface area (Å²) in [5, 5.41) is 3.53. The Balaban J connectivity index is 1.55. The molecule has 0 aromatic heterocycles. The first kappa shape index (κ1) is 20.2. The van der Waals surface area contributed by atoms with Gasteiger partial charge in [0.25, 0.3) is 0 Å². The number of rotatable bonds is 7. The van der Waals surface area contributed by atoms with Gasteiger partial charge < -0.3 is 19.7 Å². The van der Waals surface area contributed by atoms with E-state index in [1.165, 1.54) is 11.1 Å². The molecule has 0 bridgehead atoms. The number of nitrogens with zero attached hydrogens (tertiary/aromatic N) is 2. The summed E-state index contributed by atoms with van der Waals surface area (Å²) in [6, 6.07) is 18.7. The number of benzene rings is 2. The fourth-order valence-corrected chi connectivity index (χ4v) is 3.67. The van der Waals surface area contributed by atoms with Crippen molar-refractivity contribution in [2.24, 2.45) is 10.9 Å². The van der Waals surface area contributed by atoms with Crippen LogP contribution in [-0.2, 0) is 11.3 Å². The second-order valence-electron chi connectivity index (χ2n) is 7.11. The summed E-state index contributed by atoms with van der Waals surface area (Å²) in [6.45, 7) is 5.13. The third-order valence-corrected chi connectivity index (χ3v) is 5.09. The summed E-state index contributed by atoms with van der Waals surface area (Å²) in [6.07, 6.45) is 1.22. The van der Waals surface area contributed by atoms with E-state index < -0.39 is 0 Å². The van der Waals surface area contributed by atoms with E-state index in [0.717, 1.165) is 37.8 Å². The van der Waals surface area contributed by atoms with E-state index in [2.05, 4.69) is 58.7 Å². The van der Waals surface area contributed by atoms with Crippen LogP contribution in [0.1, 0.15) is 30.6 Å². The number of guanidine groups is 1. The van der Waals surface area contributed by atoms with Crippen molar-refractivity contribution in [2.45, 2.75) is 26.0 Å². The van der Waals surface area contributed by atoms with Crippen LogP contribution in [0.3, 0.4) is 0 Å². The third kappa shape index (κ3) is 5.26. The lowest BCUT2D eigenvalue weighted by atomic mass is 9.95. The number of hydrogen-bond donors (Lipinski definition) is 1. The topological polar surface area (TPSA) is 46.1 Å². The van der Waals surface area contributed by atoms with E-state index in [-0.39, 0.29) is 6.10 Å². The van der Waals surface area contributed by atoms with Crippen molar-refractivity contribution in [3.63, 3.8) is 0 Å². The molecule has 1 saturated heterocycles. The molecule has 5 heteroatoms. The molecule has 150 valence electrons. The molecule has 1 fully saturated rings. The van der Waals surface area contributed by atoms with Crippen LogP contribution in [0.15, 0.2) is 59.6 Å². The molecule has 0 aliphatic carbocycles. The maximum Gasteiger partial charge on any atom is 0.193 e. The lowest BCUT2D eigenvalue weighted by Crippen LogP contribution is -2.41. The zero-order chi connectivity index (χ0) is 19.8. The minimum Gasteiger partial charge on any atom is -0.494 e. The van der Waals surface area contributed by atoms with Gasteiger partial charge in [0.15, 0.2) is 5.96 Å². The Bertz CT molecular complexity index is 746. The summed E-state index contributed by atoms with van der Waals surface area (Å²) in [4.78, 5) is 6.60. The molecule has 2 aromatic carbocycles. The summed E-state index contributed by atoms with van der Waals surface area (Å²) < 4.78 is 11.5. The first-order valence-electron chi connectivity index (χ1n) is 10.0. The summed E-state index contributed by atoms with van der Waals surface area (Å²) in [5.41, 5.74) is 2.48. The van der Waals surface area contributed by atoms with E-state index in [1.54, 1.807) is 0 Å². The van der Waals surface area contributed by atoms with Gasteiger partial charge in [-0.25, -0.2) is 0 Å². The zero-order valence-corrected chi connectivity index (χ0v) is 17.1. The van der Waals surface area contributed by atoms with Gasteiger partial charge in [0.05, 0.1) is 12.7 Å². The minimum absolute atomic E-state index is 0.156. The maximum atomic E-state index is 6.00. The molecule has 0 saturated carbocycles. The highest BCUT2D eigenvalue weighted by atomic mass is 16.5. The van der Waals surface area contributed by atoms with Gasteiger partial charge >= 0.3 is 0 Å². The second-order valence-corrected chi connectivity index (χ2v) is 7.11. The zero-order valence-electron chi connectivity index (χ0n) is 17.1. The molecule has 0 radical (unpaired) electrons. The van der Waals surface area contributed by atoms with Crippen LogP contribution in [0, 0.1) is 5.92 Å². The van der Waals surface area contributed by atoms with Crippen molar-refractivity contribution in [1.82, 2.24) is 10.2 Å². The largest absolute Gasteiger partial charge is 0.494 e. The minimum atomic E-state index is 0.156. The first-order chi connectivity index (χ1) is 13.7. The van der Waals surface area contributed by atoms with Gasteiger partial charge in [0, 0.05) is 39.7 Å². The standard InChI is InChI=1S/C23H31N3O2/c1-4-27-21-12-10-18(11-13-21)17-26(3)23(24-2)25-16-20-14-15-28-22(20)19-8-6-5-7-9-19/h5-13,20,22H,4,14-17H2,1-3H3,(H,24,25). The van der Waals surface area contributed by atoms with Gasteiger partial charge in [-0.3, -0.25) is 4.99 Å². The van der Waals surface area contributed by atoms with Gasteiger partial charge in [-0.15, -0.1) is 0 Å². The smallest absolute Gasteiger partial charge is 0.193 e. The van der Waals surface area contributed by atoms with Gasteiger partial charge in [-0.1, -0.05) is 42.5 Å². The Morgan fingerprint density at radius 2 is 1.93 bits per heavy atom. The molecule has 2 atom stereocenters. The molecular formula is C23H31N3O2. The molecule has 1 aliphatic heterocycles. The molecule has 28 heavy (non-hydrogen) atoms. The van der Waals surface area contributed by atoms with Crippen molar-refractivity contribution in [3.05, 3.63) is 65.7 Å². The Morgan fingerprint density at radius 3 is 2.61 bits per heavy atom. The summed E-state index contributed by atoms with van der Waals surface area (Å²) in [5.74, 6) is 2.25. The highest BCUT2D eigenvalue weighted by molar-refractivity contribution is 5.79. The highest BCUT2D eigenvalue weighted by Crippen LogP contribution is 2.33. The third-order valence-electron chi connectivity index (χ3n) is 5.09. The Labute approximate surface area is 168 Å². The van der Waals surface area contributed by atoms with E-state index in [9.17, 15) is 0 Å². The van der Waals surface area contributed by atoms with Crippen LogP contribution in [-0.4, -0.2) is 44.7 Å². The Kier molecular flexibility index (Phi) is 7.31. The SMILES string of the molecule is CCOc1ccc(CN(C)C(=NC)NCC2CCOC2c2ccccc2)cc1. The molecule has 3 rings (SSSR count). The molecule has 1 aliphatic rings. The molecule has 2 aromatic rings. The number of hydrogen-bond acceptors (Lipinski definition) is 3. The van der Waals surface area contributed by atoms with E-state index in [0.29, 0.717) is 12.5 Å². The summed E-state index contributed by atoms with van der Waals surface area (Å²) >= 11 is 0. The highest BCUT2D eigenvalue weighted by Gasteiger charge is 2.29. The molecule has 2 unspecified atom stereocenters. The molecular weight excluding hydrogens is 350 g/mol. The average Bonchev–Trinajstić information content (AvgIpc) is 3.19. The fourth-order valence-electron chi connectivity index (χ4n) is 3.67. The lowest BCUT2D eigenvalue weighted by Gasteiger charge is -2.25. The van der Waals surface area contributed by atoms with E-state index >= 15 is 0 Å². The monoisotopic (exact) mass is 381 g/mol. The second kappa shape index (κ2) is 10.1. The van der Waals surface area contributed by atoms with Gasteiger partial charge in [0.1, 0.15) is 5.75 Å². The molecule has 1 heterocycles. The van der Waals surface area contributed by atoms with Crippen molar-refractivity contribution in [2.75, 3.05) is 33.9 Å². The van der Waals surface area contributed by atoms with Crippen LogP contribution in [0.2, 0.25) is 0 Å². The average molecular weight is 382 g/mol. The van der Waals surface area contributed by atoms with Gasteiger partial charge in [-0.2, -0.15) is 0 Å². The molecule has 0 spiro atoms. The first-order valence-corrected chi connectivity index (χ1v) is 10.0. The lowest BCUT2D eigenvalue weighted by molar-refractivity contribution is 0.0914. The van der Waals surface area contributed by atoms with Crippen molar-refractivity contribution >= 4 is 5.96 Å². The number of ether oxygens (including phenoxy) is 2. The van der Waals surface area contributed by atoms with Crippen LogP contribution in [0.5, 0.6) is 5.75 Å². The van der Waals surface area contributed by atoms with Gasteiger partial charge in [-0.05, 0) is 36.6 Å². The molecule has 5 nitrogen and oxygen atoms in total. The number of nitrogens with one attached hydrogen (secondary N) is 1. The van der Waals surface area contributed by atoms with Crippen LogP contribution in [0.4, 0.5) is 0 Å². The van der Waals surface area contributed by atoms with Crippen molar-refractivity contribution in [1.29, 1.82) is 0 Å². The van der Waals surface area contributed by atoms with Crippen LogP contribution in [0.25, 0.3) is 0 Å². The van der Waals surface area contributed by atoms with Crippen LogP contribution < -0.4 is 10.1 Å². The molecule has 0 amide bonds. The maximum absolute atomic E-state index is 6.00. The van der Waals surface area contributed by atoms with Crippen molar-refractivity contribution in [3.8, 4) is 5.75 Å². The molecule has 1 N–H and O–H groups in total. The van der Waals surface area contributed by atoms with E-state index in [1.807, 2.05) is 32.2 Å². The normalized spacial score (nSPS) is 19.5. The van der Waals surface area contributed by atoms with Crippen LogP contribution >= 0.6 is 0 Å². The Morgan fingerprint density at radius 1 is 1.18 bits per heavy atom. The predicted octanol–water partition coefficient (Wildman–Crippen LogP) is 3.87. The summed E-state index contributed by atoms with van der Waals surface area (Å²) in [7, 11) is 3.89. The van der Waals surface area contributed by atoms with Gasteiger partial charge in [0.2, 0.25) is 0 Å². The number of aliphatic imine (C=N–C) groups is 1. The quantitative estimate of drug-likeness (QED) is 0.584. The fraction of sp³-hybridized carbons (Fsp3) is 0.435. The predicted molar refractivity (Wildman–Crippen MR) is 114 cm³/mol. The van der Waals surface area contributed by atoms with Crippen molar-refractivity contribution < 1.29 is 9.47 Å².